The molecule has 0 bridgehead atoms. The van der Waals surface area contributed by atoms with E-state index >= 15 is 0 Å². The van der Waals surface area contributed by atoms with Crippen LogP contribution in [0.15, 0.2) is 0 Å². The fraction of sp³-hybridized carbons (Fsp3) is 0.900. The number of nitro groups is 1. The maximum absolute atomic E-state index is 11.5. The third-order valence-electron chi connectivity index (χ3n) is 2.29. The highest BCUT2D eigenvalue weighted by molar-refractivity contribution is 5.83. The Hall–Kier alpha value is -0.930. The molecule has 0 heterocycles. The van der Waals surface area contributed by atoms with E-state index in [1.165, 1.54) is 0 Å². The normalized spacial score (nSPS) is 12.6. The third kappa shape index (κ3) is 3.85. The van der Waals surface area contributed by atoms with Crippen LogP contribution in [0, 0.1) is 15.5 Å². The van der Waals surface area contributed by atoms with Gasteiger partial charge in [0, 0.05) is 37.0 Å². The minimum absolute atomic E-state index is 0.0763. The van der Waals surface area contributed by atoms with Crippen molar-refractivity contribution in [2.24, 2.45) is 5.41 Å². The molecule has 0 atom stereocenters. The number of hydrogen-bond acceptors (Lipinski definition) is 3. The van der Waals surface area contributed by atoms with Gasteiger partial charge in [-0.25, -0.2) is 0 Å². The monoisotopic (exact) mass is 201 g/mol. The Labute approximate surface area is 84.8 Å². The number of nitrogens with zero attached hydrogens (tertiary/aromatic N) is 1. The summed E-state index contributed by atoms with van der Waals surface area (Å²) in [5, 5.41) is 10.6. The summed E-state index contributed by atoms with van der Waals surface area (Å²) in [4.78, 5) is 21.8. The van der Waals surface area contributed by atoms with E-state index in [0.717, 1.165) is 0 Å². The van der Waals surface area contributed by atoms with Gasteiger partial charge >= 0.3 is 0 Å². The van der Waals surface area contributed by atoms with E-state index in [4.69, 9.17) is 0 Å². The van der Waals surface area contributed by atoms with Crippen molar-refractivity contribution in [3.63, 3.8) is 0 Å². The summed E-state index contributed by atoms with van der Waals surface area (Å²) in [6.07, 6.45) is 0.577. The molecule has 4 nitrogen and oxygen atoms in total. The fourth-order valence-electron chi connectivity index (χ4n) is 0.886. The molecular weight excluding hydrogens is 182 g/mol. The first-order valence-electron chi connectivity index (χ1n) is 4.75. The zero-order valence-electron chi connectivity index (χ0n) is 9.59. The number of rotatable bonds is 4. The highest BCUT2D eigenvalue weighted by Gasteiger charge is 2.32. The van der Waals surface area contributed by atoms with Gasteiger partial charge in [0.2, 0.25) is 5.54 Å². The van der Waals surface area contributed by atoms with E-state index < -0.39 is 11.0 Å². The fourth-order valence-corrected chi connectivity index (χ4v) is 0.886. The van der Waals surface area contributed by atoms with Crippen molar-refractivity contribution in [2.45, 2.75) is 53.0 Å². The molecule has 0 spiro atoms. The summed E-state index contributed by atoms with van der Waals surface area (Å²) in [6.45, 7) is 8.57. The summed E-state index contributed by atoms with van der Waals surface area (Å²) < 4.78 is 0. The Balaban J connectivity index is 4.21. The lowest BCUT2D eigenvalue weighted by atomic mass is 9.85. The second-order valence-corrected chi connectivity index (χ2v) is 5.24. The lowest BCUT2D eigenvalue weighted by Crippen LogP contribution is -2.33. The molecule has 14 heavy (non-hydrogen) atoms. The summed E-state index contributed by atoms with van der Waals surface area (Å²) in [5.41, 5.74) is -1.40. The topological polar surface area (TPSA) is 60.2 Å². The van der Waals surface area contributed by atoms with E-state index in [1.54, 1.807) is 13.8 Å². The van der Waals surface area contributed by atoms with Crippen molar-refractivity contribution in [2.75, 3.05) is 0 Å². The Kier molecular flexibility index (Phi) is 3.80. The van der Waals surface area contributed by atoms with Crippen LogP contribution in [0.2, 0.25) is 0 Å². The molecule has 0 saturated heterocycles. The van der Waals surface area contributed by atoms with Crippen LogP contribution in [-0.2, 0) is 4.79 Å². The number of carbonyl (C=O) groups excluding carboxylic acids is 1. The average molecular weight is 201 g/mol. The van der Waals surface area contributed by atoms with Gasteiger partial charge < -0.3 is 0 Å². The van der Waals surface area contributed by atoms with Crippen molar-refractivity contribution < 1.29 is 9.72 Å². The zero-order chi connectivity index (χ0) is 11.6. The molecule has 0 aromatic carbocycles. The number of carbonyl (C=O) groups is 1. The minimum Gasteiger partial charge on any atom is -0.299 e. The van der Waals surface area contributed by atoms with Crippen molar-refractivity contribution in [1.82, 2.24) is 0 Å². The maximum Gasteiger partial charge on any atom is 0.217 e. The summed E-state index contributed by atoms with van der Waals surface area (Å²) >= 11 is 0. The lowest BCUT2D eigenvalue weighted by Gasteiger charge is -2.19. The van der Waals surface area contributed by atoms with Crippen LogP contribution in [0.5, 0.6) is 0 Å². The molecule has 0 aromatic rings. The third-order valence-corrected chi connectivity index (χ3v) is 2.29. The van der Waals surface area contributed by atoms with Crippen LogP contribution in [0.4, 0.5) is 0 Å². The molecule has 0 aliphatic carbocycles. The molecule has 0 fully saturated rings. The zero-order valence-corrected chi connectivity index (χ0v) is 9.59. The van der Waals surface area contributed by atoms with E-state index in [-0.39, 0.29) is 17.1 Å². The first-order valence-corrected chi connectivity index (χ1v) is 4.75. The molecule has 4 heteroatoms. The largest absolute Gasteiger partial charge is 0.299 e. The van der Waals surface area contributed by atoms with Gasteiger partial charge in [-0.2, -0.15) is 0 Å². The second-order valence-electron chi connectivity index (χ2n) is 5.24. The number of hydrogen-bond donors (Lipinski definition) is 0. The molecule has 0 N–H and O–H groups in total. The van der Waals surface area contributed by atoms with Crippen LogP contribution in [0.3, 0.4) is 0 Å². The quantitative estimate of drug-likeness (QED) is 0.518. The van der Waals surface area contributed by atoms with Crippen LogP contribution < -0.4 is 0 Å². The van der Waals surface area contributed by atoms with Gasteiger partial charge in [0.05, 0.1) is 0 Å². The molecule has 0 saturated carbocycles. The predicted molar refractivity (Wildman–Crippen MR) is 54.8 cm³/mol. The highest BCUT2D eigenvalue weighted by atomic mass is 16.6. The molecule has 0 aliphatic heterocycles. The summed E-state index contributed by atoms with van der Waals surface area (Å²) in [5.74, 6) is 0.0763. The highest BCUT2D eigenvalue weighted by Crippen LogP contribution is 2.22. The van der Waals surface area contributed by atoms with Crippen LogP contribution in [0.1, 0.15) is 47.5 Å². The second kappa shape index (κ2) is 4.07. The molecule has 0 aromatic heterocycles. The standard InChI is InChI=1S/C10H19NO3/c1-9(2,3)8(12)6-7-10(4,5)11(13)14/h6-7H2,1-5H3. The lowest BCUT2D eigenvalue weighted by molar-refractivity contribution is -0.561. The predicted octanol–water partition coefficient (Wildman–Crippen LogP) is 2.44. The van der Waals surface area contributed by atoms with Gasteiger partial charge in [-0.1, -0.05) is 20.8 Å². The van der Waals surface area contributed by atoms with Crippen LogP contribution >= 0.6 is 0 Å². The van der Waals surface area contributed by atoms with Gasteiger partial charge in [0.1, 0.15) is 5.78 Å². The van der Waals surface area contributed by atoms with E-state index in [0.29, 0.717) is 6.42 Å². The molecule has 0 unspecified atom stereocenters. The summed E-state index contributed by atoms with van der Waals surface area (Å²) in [6, 6.07) is 0. The average Bonchev–Trinajstić information content (AvgIpc) is 1.98. The Bertz CT molecular complexity index is 238. The van der Waals surface area contributed by atoms with Gasteiger partial charge in [0.15, 0.2) is 0 Å². The van der Waals surface area contributed by atoms with Crippen molar-refractivity contribution in [1.29, 1.82) is 0 Å². The van der Waals surface area contributed by atoms with Crippen molar-refractivity contribution in [3.05, 3.63) is 10.1 Å². The number of Topliss-reactive ketones (excluding diaryl/α,β-unsaturated/α-hetero) is 1. The molecule has 0 aliphatic rings. The van der Waals surface area contributed by atoms with Crippen LogP contribution in [0.25, 0.3) is 0 Å². The molecule has 0 amide bonds. The first-order chi connectivity index (χ1) is 6.07. The van der Waals surface area contributed by atoms with E-state index in [2.05, 4.69) is 0 Å². The van der Waals surface area contributed by atoms with Crippen molar-refractivity contribution >= 4 is 5.78 Å². The Morgan fingerprint density at radius 2 is 1.64 bits per heavy atom. The first kappa shape index (κ1) is 13.1. The molecular formula is C10H19NO3. The SMILES string of the molecule is CC(C)(C)C(=O)CCC(C)(C)[N+](=O)[O-]. The molecule has 0 rings (SSSR count). The Morgan fingerprint density at radius 3 is 1.93 bits per heavy atom. The number of ketones is 1. The summed E-state index contributed by atoms with van der Waals surface area (Å²) in [7, 11) is 0. The van der Waals surface area contributed by atoms with Gasteiger partial charge in [-0.05, 0) is 0 Å². The van der Waals surface area contributed by atoms with E-state index in [9.17, 15) is 14.9 Å². The van der Waals surface area contributed by atoms with Gasteiger partial charge in [-0.15, -0.1) is 0 Å². The van der Waals surface area contributed by atoms with Crippen molar-refractivity contribution in [3.8, 4) is 0 Å². The van der Waals surface area contributed by atoms with Gasteiger partial charge in [-0.3, -0.25) is 14.9 Å². The Morgan fingerprint density at radius 1 is 1.21 bits per heavy atom. The van der Waals surface area contributed by atoms with Gasteiger partial charge in [0.25, 0.3) is 0 Å². The van der Waals surface area contributed by atoms with Crippen LogP contribution in [-0.4, -0.2) is 16.2 Å². The minimum atomic E-state index is -0.999. The smallest absolute Gasteiger partial charge is 0.217 e. The molecule has 82 valence electrons. The maximum atomic E-state index is 11.5. The molecule has 0 radical (unpaired) electrons. The van der Waals surface area contributed by atoms with E-state index in [1.807, 2.05) is 20.8 Å².